The topological polar surface area (TPSA) is 60.4 Å². The first-order valence-corrected chi connectivity index (χ1v) is 8.87. The van der Waals surface area contributed by atoms with Crippen molar-refractivity contribution in [3.63, 3.8) is 0 Å². The summed E-state index contributed by atoms with van der Waals surface area (Å²) in [4.78, 5) is 37.0. The number of aryl methyl sites for hydroxylation is 1. The zero-order valence-electron chi connectivity index (χ0n) is 14.5. The first-order chi connectivity index (χ1) is 11.9. The molecule has 0 aliphatic heterocycles. The van der Waals surface area contributed by atoms with E-state index in [2.05, 4.69) is 0 Å². The Hall–Kier alpha value is -2.40. The number of ketones is 2. The first kappa shape index (κ1) is 18.9. The lowest BCUT2D eigenvalue weighted by Gasteiger charge is -2.13. The molecule has 0 aliphatic carbocycles. The highest BCUT2D eigenvalue weighted by Gasteiger charge is 2.22. The maximum Gasteiger partial charge on any atom is 0.338 e. The zero-order chi connectivity index (χ0) is 18.4. The largest absolute Gasteiger partial charge is 0.465 e. The maximum atomic E-state index is 12.9. The van der Waals surface area contributed by atoms with Gasteiger partial charge in [-0.25, -0.2) is 4.79 Å². The van der Waals surface area contributed by atoms with E-state index < -0.39 is 5.97 Å². The fourth-order valence-corrected chi connectivity index (χ4v) is 3.54. The summed E-state index contributed by atoms with van der Waals surface area (Å²) < 4.78 is 4.86. The van der Waals surface area contributed by atoms with E-state index in [0.29, 0.717) is 28.9 Å². The summed E-state index contributed by atoms with van der Waals surface area (Å²) in [5, 5.41) is 0. The number of hydrogen-bond acceptors (Lipinski definition) is 5. The van der Waals surface area contributed by atoms with Crippen molar-refractivity contribution in [2.75, 3.05) is 12.9 Å². The van der Waals surface area contributed by atoms with Gasteiger partial charge in [0.1, 0.15) is 5.78 Å². The summed E-state index contributed by atoms with van der Waals surface area (Å²) in [7, 11) is 1.30. The van der Waals surface area contributed by atoms with Crippen LogP contribution in [0, 0.1) is 6.92 Å². The number of hydrogen-bond donors (Lipinski definition) is 0. The Balaban J connectivity index is 2.43. The molecule has 5 heteroatoms. The standard InChI is InChI=1S/C20H20O4S/c1-13-11-16(25-10-9-14(2)21)12-17(20(23)24-3)18(13)19(22)15-7-5-4-6-8-15/h4-8,11-12H,9-10H2,1-3H3. The van der Waals surface area contributed by atoms with E-state index in [4.69, 9.17) is 4.74 Å². The molecule has 0 N–H and O–H groups in total. The van der Waals surface area contributed by atoms with Gasteiger partial charge in [0.05, 0.1) is 12.7 Å². The van der Waals surface area contributed by atoms with Gasteiger partial charge in [-0.3, -0.25) is 9.59 Å². The molecule has 0 bridgehead atoms. The summed E-state index contributed by atoms with van der Waals surface area (Å²) in [5.74, 6) is -0.00932. The lowest BCUT2D eigenvalue weighted by atomic mass is 9.94. The molecule has 0 aliphatic rings. The second kappa shape index (κ2) is 8.62. The molecule has 0 saturated heterocycles. The first-order valence-electron chi connectivity index (χ1n) is 7.89. The lowest BCUT2D eigenvalue weighted by Crippen LogP contribution is -2.13. The fourth-order valence-electron chi connectivity index (χ4n) is 2.46. The van der Waals surface area contributed by atoms with Gasteiger partial charge < -0.3 is 4.74 Å². The van der Waals surface area contributed by atoms with Crippen LogP contribution >= 0.6 is 11.8 Å². The van der Waals surface area contributed by atoms with Crippen molar-refractivity contribution in [3.05, 3.63) is 64.7 Å². The Bertz CT molecular complexity index is 797. The van der Waals surface area contributed by atoms with Crippen LogP contribution in [0.15, 0.2) is 47.4 Å². The molecule has 0 saturated carbocycles. The van der Waals surface area contributed by atoms with Crippen LogP contribution in [0.25, 0.3) is 0 Å². The highest BCUT2D eigenvalue weighted by molar-refractivity contribution is 7.99. The molecule has 0 heterocycles. The monoisotopic (exact) mass is 356 g/mol. The van der Waals surface area contributed by atoms with E-state index in [9.17, 15) is 14.4 Å². The van der Waals surface area contributed by atoms with Crippen molar-refractivity contribution in [1.82, 2.24) is 0 Å². The number of esters is 1. The van der Waals surface area contributed by atoms with E-state index in [1.54, 1.807) is 44.2 Å². The molecule has 25 heavy (non-hydrogen) atoms. The van der Waals surface area contributed by atoms with Crippen LogP contribution in [0.1, 0.15) is 45.2 Å². The molecule has 0 radical (unpaired) electrons. The van der Waals surface area contributed by atoms with Crippen molar-refractivity contribution >= 4 is 29.3 Å². The number of carbonyl (C=O) groups excluding carboxylic acids is 3. The van der Waals surface area contributed by atoms with E-state index >= 15 is 0 Å². The van der Waals surface area contributed by atoms with Gasteiger partial charge in [-0.05, 0) is 31.5 Å². The molecule has 130 valence electrons. The third-order valence-electron chi connectivity index (χ3n) is 3.70. The van der Waals surface area contributed by atoms with E-state index in [1.807, 2.05) is 12.1 Å². The van der Waals surface area contributed by atoms with Gasteiger partial charge >= 0.3 is 5.97 Å². The lowest BCUT2D eigenvalue weighted by molar-refractivity contribution is -0.116. The Morgan fingerprint density at radius 3 is 2.36 bits per heavy atom. The van der Waals surface area contributed by atoms with Crippen LogP contribution in [0.4, 0.5) is 0 Å². The van der Waals surface area contributed by atoms with Crippen LogP contribution in [-0.4, -0.2) is 30.4 Å². The minimum atomic E-state index is -0.545. The van der Waals surface area contributed by atoms with Crippen LogP contribution in [-0.2, 0) is 9.53 Å². The normalized spacial score (nSPS) is 10.4. The van der Waals surface area contributed by atoms with Crippen LogP contribution in [0.2, 0.25) is 0 Å². The predicted molar refractivity (Wildman–Crippen MR) is 98.4 cm³/mol. The number of benzene rings is 2. The molecule has 0 fully saturated rings. The molecule has 0 unspecified atom stereocenters. The second-order valence-electron chi connectivity index (χ2n) is 5.65. The summed E-state index contributed by atoms with van der Waals surface area (Å²) >= 11 is 1.48. The minimum Gasteiger partial charge on any atom is -0.465 e. The number of methoxy groups -OCH3 is 1. The van der Waals surface area contributed by atoms with E-state index in [0.717, 1.165) is 4.90 Å². The molecule has 0 spiro atoms. The number of rotatable bonds is 7. The highest BCUT2D eigenvalue weighted by atomic mass is 32.2. The Labute approximate surface area is 151 Å². The molecular formula is C20H20O4S. The third kappa shape index (κ3) is 4.79. The van der Waals surface area contributed by atoms with Crippen LogP contribution in [0.3, 0.4) is 0 Å². The van der Waals surface area contributed by atoms with Crippen molar-refractivity contribution in [1.29, 1.82) is 0 Å². The SMILES string of the molecule is COC(=O)c1cc(SCCC(C)=O)cc(C)c1C(=O)c1ccccc1. The Morgan fingerprint density at radius 2 is 1.76 bits per heavy atom. The number of Topliss-reactive ketones (excluding diaryl/α,β-unsaturated/α-hetero) is 1. The van der Waals surface area contributed by atoms with E-state index in [-0.39, 0.29) is 17.1 Å². The Morgan fingerprint density at radius 1 is 1.08 bits per heavy atom. The van der Waals surface area contributed by atoms with Crippen LogP contribution < -0.4 is 0 Å². The van der Waals surface area contributed by atoms with Gasteiger partial charge in [0.15, 0.2) is 5.78 Å². The highest BCUT2D eigenvalue weighted by Crippen LogP contribution is 2.28. The van der Waals surface area contributed by atoms with Gasteiger partial charge in [-0.15, -0.1) is 11.8 Å². The molecule has 2 aromatic rings. The van der Waals surface area contributed by atoms with Crippen molar-refractivity contribution in [2.24, 2.45) is 0 Å². The molecule has 0 aromatic heterocycles. The smallest absolute Gasteiger partial charge is 0.338 e. The summed E-state index contributed by atoms with van der Waals surface area (Å²) in [6.07, 6.45) is 0.460. The quantitative estimate of drug-likeness (QED) is 0.425. The number of thioether (sulfide) groups is 1. The summed E-state index contributed by atoms with van der Waals surface area (Å²) in [6, 6.07) is 12.4. The predicted octanol–water partition coefficient (Wildman–Crippen LogP) is 4.08. The van der Waals surface area contributed by atoms with Crippen molar-refractivity contribution in [3.8, 4) is 0 Å². The minimum absolute atomic E-state index is 0.119. The average Bonchev–Trinajstić information content (AvgIpc) is 2.60. The van der Waals surface area contributed by atoms with Gasteiger partial charge in [-0.2, -0.15) is 0 Å². The molecule has 2 aromatic carbocycles. The Kier molecular flexibility index (Phi) is 6.53. The number of carbonyl (C=O) groups is 3. The third-order valence-corrected chi connectivity index (χ3v) is 4.68. The van der Waals surface area contributed by atoms with Crippen molar-refractivity contribution in [2.45, 2.75) is 25.2 Å². The fraction of sp³-hybridized carbons (Fsp3) is 0.250. The van der Waals surface area contributed by atoms with Crippen LogP contribution in [0.5, 0.6) is 0 Å². The number of ether oxygens (including phenoxy) is 1. The van der Waals surface area contributed by atoms with Gasteiger partial charge in [0.2, 0.25) is 0 Å². The molecule has 4 nitrogen and oxygen atoms in total. The van der Waals surface area contributed by atoms with Gasteiger partial charge in [-0.1, -0.05) is 30.3 Å². The molecule has 2 rings (SSSR count). The van der Waals surface area contributed by atoms with E-state index in [1.165, 1.54) is 18.9 Å². The van der Waals surface area contributed by atoms with Gasteiger partial charge in [0.25, 0.3) is 0 Å². The average molecular weight is 356 g/mol. The van der Waals surface area contributed by atoms with Crippen molar-refractivity contribution < 1.29 is 19.1 Å². The molecule has 0 amide bonds. The summed E-state index contributed by atoms with van der Waals surface area (Å²) in [6.45, 7) is 3.35. The zero-order valence-corrected chi connectivity index (χ0v) is 15.3. The second-order valence-corrected chi connectivity index (χ2v) is 6.82. The summed E-state index contributed by atoms with van der Waals surface area (Å²) in [5.41, 5.74) is 1.84. The molecule has 0 atom stereocenters. The molecular weight excluding hydrogens is 336 g/mol. The maximum absolute atomic E-state index is 12.9. The van der Waals surface area contributed by atoms with Gasteiger partial charge in [0, 0.05) is 28.2 Å².